The third-order valence-electron chi connectivity index (χ3n) is 2.83. The summed E-state index contributed by atoms with van der Waals surface area (Å²) in [5.41, 5.74) is 2.18. The number of carbonyl (C=O) groups excluding carboxylic acids is 1. The molecule has 0 rings (SSSR count). The summed E-state index contributed by atoms with van der Waals surface area (Å²) in [6.45, 7) is 5.55. The highest BCUT2D eigenvalue weighted by Gasteiger charge is 2.22. The number of rotatable bonds is 7. The highest BCUT2D eigenvalue weighted by molar-refractivity contribution is 5.78. The zero-order valence-electron chi connectivity index (χ0n) is 10.1. The van der Waals surface area contributed by atoms with Crippen molar-refractivity contribution in [1.82, 2.24) is 10.3 Å². The topological polar surface area (TPSA) is 67.6 Å². The van der Waals surface area contributed by atoms with Gasteiger partial charge in [0.1, 0.15) is 0 Å². The summed E-state index contributed by atoms with van der Waals surface area (Å²) in [6.07, 6.45) is 0.967. The Balaban J connectivity index is 3.95. The first-order chi connectivity index (χ1) is 7.04. The van der Waals surface area contributed by atoms with Crippen LogP contribution < -0.4 is 11.3 Å². The predicted molar refractivity (Wildman–Crippen MR) is 60.1 cm³/mol. The van der Waals surface area contributed by atoms with E-state index in [0.717, 1.165) is 19.6 Å². The second kappa shape index (κ2) is 7.62. The molecule has 2 atom stereocenters. The van der Waals surface area contributed by atoms with Gasteiger partial charge in [-0.05, 0) is 20.4 Å². The highest BCUT2D eigenvalue weighted by atomic mass is 16.5. The zero-order valence-corrected chi connectivity index (χ0v) is 10.1. The number of carbonyl (C=O) groups is 1. The van der Waals surface area contributed by atoms with E-state index in [1.165, 1.54) is 0 Å². The van der Waals surface area contributed by atoms with Crippen molar-refractivity contribution in [2.75, 3.05) is 27.3 Å². The van der Waals surface area contributed by atoms with Crippen molar-refractivity contribution in [1.29, 1.82) is 0 Å². The molecule has 0 heterocycles. The van der Waals surface area contributed by atoms with Gasteiger partial charge < -0.3 is 9.64 Å². The summed E-state index contributed by atoms with van der Waals surface area (Å²) in [4.78, 5) is 13.4. The standard InChI is InChI=1S/C10H23N3O2/c1-8(10(14)12-11)9(2)13(3)6-5-7-15-4/h8-9H,5-7,11H2,1-4H3,(H,12,14). The van der Waals surface area contributed by atoms with E-state index in [4.69, 9.17) is 10.6 Å². The Bertz CT molecular complexity index is 188. The Kier molecular flexibility index (Phi) is 7.29. The van der Waals surface area contributed by atoms with E-state index in [1.54, 1.807) is 7.11 Å². The van der Waals surface area contributed by atoms with Crippen LogP contribution in [0.3, 0.4) is 0 Å². The van der Waals surface area contributed by atoms with Crippen LogP contribution in [-0.2, 0) is 9.53 Å². The summed E-state index contributed by atoms with van der Waals surface area (Å²) in [6, 6.07) is 0.172. The van der Waals surface area contributed by atoms with Gasteiger partial charge >= 0.3 is 0 Å². The van der Waals surface area contributed by atoms with Gasteiger partial charge in [-0.15, -0.1) is 0 Å². The van der Waals surface area contributed by atoms with Gasteiger partial charge in [-0.25, -0.2) is 5.84 Å². The molecule has 5 nitrogen and oxygen atoms in total. The molecule has 0 aromatic rings. The van der Waals surface area contributed by atoms with Gasteiger partial charge in [0.05, 0.1) is 5.92 Å². The number of methoxy groups -OCH3 is 1. The number of hydrazine groups is 1. The van der Waals surface area contributed by atoms with Crippen molar-refractivity contribution < 1.29 is 9.53 Å². The first-order valence-corrected chi connectivity index (χ1v) is 5.24. The zero-order chi connectivity index (χ0) is 11.8. The molecule has 0 aliphatic rings. The fourth-order valence-electron chi connectivity index (χ4n) is 1.39. The molecule has 0 bridgehead atoms. The Morgan fingerprint density at radius 1 is 1.53 bits per heavy atom. The van der Waals surface area contributed by atoms with E-state index < -0.39 is 0 Å². The van der Waals surface area contributed by atoms with Crippen molar-refractivity contribution in [2.24, 2.45) is 11.8 Å². The van der Waals surface area contributed by atoms with Crippen molar-refractivity contribution in [3.8, 4) is 0 Å². The summed E-state index contributed by atoms with van der Waals surface area (Å²) in [5.74, 6) is 4.86. The second-order valence-electron chi connectivity index (χ2n) is 3.86. The summed E-state index contributed by atoms with van der Waals surface area (Å²) in [7, 11) is 3.69. The summed E-state index contributed by atoms with van der Waals surface area (Å²) < 4.78 is 4.98. The monoisotopic (exact) mass is 217 g/mol. The lowest BCUT2D eigenvalue weighted by molar-refractivity contribution is -0.126. The molecule has 0 aliphatic carbocycles. The van der Waals surface area contributed by atoms with Crippen LogP contribution in [0, 0.1) is 5.92 Å². The summed E-state index contributed by atoms with van der Waals surface area (Å²) >= 11 is 0. The van der Waals surface area contributed by atoms with Crippen molar-refractivity contribution in [3.63, 3.8) is 0 Å². The van der Waals surface area contributed by atoms with Gasteiger partial charge in [-0.2, -0.15) is 0 Å². The molecule has 0 saturated heterocycles. The molecule has 90 valence electrons. The average Bonchev–Trinajstić information content (AvgIpc) is 2.26. The maximum Gasteiger partial charge on any atom is 0.238 e. The maximum absolute atomic E-state index is 11.3. The number of hydrogen-bond acceptors (Lipinski definition) is 4. The molecule has 2 unspecified atom stereocenters. The van der Waals surface area contributed by atoms with Crippen LogP contribution in [0.4, 0.5) is 0 Å². The van der Waals surface area contributed by atoms with Gasteiger partial charge in [0.15, 0.2) is 0 Å². The van der Waals surface area contributed by atoms with Crippen molar-refractivity contribution in [3.05, 3.63) is 0 Å². The first-order valence-electron chi connectivity index (χ1n) is 5.24. The van der Waals surface area contributed by atoms with Gasteiger partial charge in [0.25, 0.3) is 0 Å². The largest absolute Gasteiger partial charge is 0.385 e. The molecule has 0 aliphatic heterocycles. The van der Waals surface area contributed by atoms with E-state index >= 15 is 0 Å². The number of amides is 1. The Morgan fingerprint density at radius 3 is 2.60 bits per heavy atom. The number of hydrogen-bond donors (Lipinski definition) is 2. The number of nitrogens with two attached hydrogens (primary N) is 1. The molecule has 0 aromatic heterocycles. The van der Waals surface area contributed by atoms with Crippen LogP contribution in [0.5, 0.6) is 0 Å². The predicted octanol–water partition coefficient (Wildman–Crippen LogP) is -0.0308. The van der Waals surface area contributed by atoms with E-state index in [-0.39, 0.29) is 17.9 Å². The van der Waals surface area contributed by atoms with Crippen LogP contribution in [0.25, 0.3) is 0 Å². The van der Waals surface area contributed by atoms with E-state index in [1.807, 2.05) is 20.9 Å². The van der Waals surface area contributed by atoms with Gasteiger partial charge in [0, 0.05) is 26.3 Å². The van der Waals surface area contributed by atoms with Crippen LogP contribution >= 0.6 is 0 Å². The molecule has 0 radical (unpaired) electrons. The Labute approximate surface area is 91.9 Å². The third kappa shape index (κ3) is 5.11. The molecule has 3 N–H and O–H groups in total. The fourth-order valence-corrected chi connectivity index (χ4v) is 1.39. The molecular weight excluding hydrogens is 194 g/mol. The minimum atomic E-state index is -0.124. The molecule has 0 spiro atoms. The van der Waals surface area contributed by atoms with Crippen molar-refractivity contribution >= 4 is 5.91 Å². The first kappa shape index (κ1) is 14.3. The minimum Gasteiger partial charge on any atom is -0.385 e. The van der Waals surface area contributed by atoms with Gasteiger partial charge in [-0.1, -0.05) is 6.92 Å². The summed E-state index contributed by atoms with van der Waals surface area (Å²) in [5, 5.41) is 0. The average molecular weight is 217 g/mol. The number of nitrogens with one attached hydrogen (secondary N) is 1. The molecule has 0 aromatic carbocycles. The lowest BCUT2D eigenvalue weighted by atomic mass is 10.0. The van der Waals surface area contributed by atoms with Crippen LogP contribution in [0.2, 0.25) is 0 Å². The van der Waals surface area contributed by atoms with Crippen LogP contribution in [0.1, 0.15) is 20.3 Å². The third-order valence-corrected chi connectivity index (χ3v) is 2.83. The maximum atomic E-state index is 11.3. The van der Waals surface area contributed by atoms with E-state index in [2.05, 4.69) is 10.3 Å². The number of nitrogens with zero attached hydrogens (tertiary/aromatic N) is 1. The smallest absolute Gasteiger partial charge is 0.238 e. The highest BCUT2D eigenvalue weighted by Crippen LogP contribution is 2.09. The van der Waals surface area contributed by atoms with Crippen LogP contribution in [0.15, 0.2) is 0 Å². The van der Waals surface area contributed by atoms with Crippen molar-refractivity contribution in [2.45, 2.75) is 26.3 Å². The number of ether oxygens (including phenoxy) is 1. The lowest BCUT2D eigenvalue weighted by Crippen LogP contribution is -2.45. The van der Waals surface area contributed by atoms with Gasteiger partial charge in [0.2, 0.25) is 5.91 Å². The molecule has 0 fully saturated rings. The van der Waals surface area contributed by atoms with E-state index in [9.17, 15) is 4.79 Å². The Morgan fingerprint density at radius 2 is 2.13 bits per heavy atom. The molecule has 0 saturated carbocycles. The van der Waals surface area contributed by atoms with Gasteiger partial charge in [-0.3, -0.25) is 10.2 Å². The van der Waals surface area contributed by atoms with Crippen LogP contribution in [-0.4, -0.2) is 44.2 Å². The second-order valence-corrected chi connectivity index (χ2v) is 3.86. The molecule has 1 amide bonds. The minimum absolute atomic E-state index is 0.109. The normalized spacial score (nSPS) is 15.1. The van der Waals surface area contributed by atoms with E-state index in [0.29, 0.717) is 0 Å². The molecule has 15 heavy (non-hydrogen) atoms. The molecule has 5 heteroatoms. The SMILES string of the molecule is COCCCN(C)C(C)C(C)C(=O)NN. The quantitative estimate of drug-likeness (QED) is 0.272. The fraction of sp³-hybridized carbons (Fsp3) is 0.900. The lowest BCUT2D eigenvalue weighted by Gasteiger charge is -2.28. The Hall–Kier alpha value is -0.650. The molecular formula is C10H23N3O2.